The van der Waals surface area contributed by atoms with Crippen molar-refractivity contribution in [2.45, 2.75) is 23.6 Å². The van der Waals surface area contributed by atoms with Gasteiger partial charge in [0.15, 0.2) is 5.60 Å². The Bertz CT molecular complexity index is 760. The molecule has 0 aliphatic carbocycles. The zero-order valence-corrected chi connectivity index (χ0v) is 15.5. The van der Waals surface area contributed by atoms with Gasteiger partial charge in [-0.25, -0.2) is 14.3 Å². The van der Waals surface area contributed by atoms with Crippen LogP contribution in [0.1, 0.15) is 12.5 Å². The molecule has 3 N–H and O–H groups in total. The Labute approximate surface area is 159 Å². The minimum atomic E-state index is -4.75. The second-order valence-electron chi connectivity index (χ2n) is 6.40. The van der Waals surface area contributed by atoms with E-state index in [0.717, 1.165) is 31.1 Å². The van der Waals surface area contributed by atoms with Crippen LogP contribution in [0.5, 0.6) is 0 Å². The Morgan fingerprint density at radius 1 is 1.04 bits per heavy atom. The zero-order valence-electron chi connectivity index (χ0n) is 14.6. The number of aliphatic hydroxyl groups is 1. The normalized spacial score (nSPS) is 18.3. The molecule has 27 heavy (non-hydrogen) atoms. The summed E-state index contributed by atoms with van der Waals surface area (Å²) in [6.07, 6.45) is -1.95. The minimum absolute atomic E-state index is 0.274. The van der Waals surface area contributed by atoms with Gasteiger partial charge in [0.2, 0.25) is 0 Å². The summed E-state index contributed by atoms with van der Waals surface area (Å²) in [4.78, 5) is 11.2. The Balaban J connectivity index is 1.59. The molecule has 10 heteroatoms. The standard InChI is InChI=1S/C17H20F3N5OS/c1-16(26,17(18,19)20)12-2-5-15(23-10-12)24-6-8-25(9-7-24)27-13-3-4-14(21)22-11-13/h2-5,10-11,26H,6-9H2,1H3,(H2,21,22). The Kier molecular flexibility index (Phi) is 5.50. The van der Waals surface area contributed by atoms with Gasteiger partial charge in [0, 0.05) is 49.0 Å². The number of alkyl halides is 3. The SMILES string of the molecule is CC(O)(c1ccc(N2CCN(Sc3ccc(N)nc3)CC2)nc1)C(F)(F)F. The molecule has 1 atom stereocenters. The molecule has 6 nitrogen and oxygen atoms in total. The number of nitrogens with two attached hydrogens (primary N) is 1. The maximum Gasteiger partial charge on any atom is 0.421 e. The summed E-state index contributed by atoms with van der Waals surface area (Å²) in [7, 11) is 0. The second kappa shape index (κ2) is 7.53. The van der Waals surface area contributed by atoms with E-state index in [1.165, 1.54) is 12.1 Å². The topological polar surface area (TPSA) is 78.5 Å². The highest BCUT2D eigenvalue weighted by Gasteiger charge is 2.51. The van der Waals surface area contributed by atoms with Crippen LogP contribution in [-0.4, -0.2) is 51.7 Å². The van der Waals surface area contributed by atoms with Crippen molar-refractivity contribution in [2.24, 2.45) is 0 Å². The maximum absolute atomic E-state index is 12.9. The molecule has 2 aromatic heterocycles. The van der Waals surface area contributed by atoms with Crippen molar-refractivity contribution in [1.82, 2.24) is 14.3 Å². The van der Waals surface area contributed by atoms with Gasteiger partial charge < -0.3 is 15.7 Å². The summed E-state index contributed by atoms with van der Waals surface area (Å²) >= 11 is 1.59. The van der Waals surface area contributed by atoms with Gasteiger partial charge in [-0.3, -0.25) is 0 Å². The van der Waals surface area contributed by atoms with E-state index in [-0.39, 0.29) is 5.56 Å². The van der Waals surface area contributed by atoms with E-state index < -0.39 is 11.8 Å². The quantitative estimate of drug-likeness (QED) is 0.766. The van der Waals surface area contributed by atoms with Gasteiger partial charge in [-0.2, -0.15) is 13.2 Å². The summed E-state index contributed by atoms with van der Waals surface area (Å²) in [6.45, 7) is 3.64. The lowest BCUT2D eigenvalue weighted by Crippen LogP contribution is -2.44. The monoisotopic (exact) mass is 399 g/mol. The Hall–Kier alpha value is -2.04. The molecule has 2 aromatic rings. The average Bonchev–Trinajstić information content (AvgIpc) is 2.63. The molecule has 0 aromatic carbocycles. The number of hydrogen-bond acceptors (Lipinski definition) is 7. The molecule has 3 rings (SSSR count). The van der Waals surface area contributed by atoms with Crippen LogP contribution in [-0.2, 0) is 5.60 Å². The minimum Gasteiger partial charge on any atom is -0.384 e. The molecule has 0 bridgehead atoms. The first kappa shape index (κ1) is 19.7. The molecule has 1 saturated heterocycles. The maximum atomic E-state index is 12.9. The van der Waals surface area contributed by atoms with Crippen molar-refractivity contribution in [3.8, 4) is 0 Å². The molecular weight excluding hydrogens is 379 g/mol. The molecule has 0 saturated carbocycles. The van der Waals surface area contributed by atoms with Gasteiger partial charge >= 0.3 is 6.18 Å². The molecule has 0 spiro atoms. The predicted octanol–water partition coefficient (Wildman–Crippen LogP) is 2.66. The molecule has 146 valence electrons. The van der Waals surface area contributed by atoms with Crippen LogP contribution in [0.15, 0.2) is 41.6 Å². The van der Waals surface area contributed by atoms with E-state index in [1.54, 1.807) is 24.2 Å². The Morgan fingerprint density at radius 3 is 2.26 bits per heavy atom. The lowest BCUT2D eigenvalue weighted by molar-refractivity contribution is -0.259. The molecule has 3 heterocycles. The largest absolute Gasteiger partial charge is 0.421 e. The van der Waals surface area contributed by atoms with Crippen molar-refractivity contribution >= 4 is 23.6 Å². The summed E-state index contributed by atoms with van der Waals surface area (Å²) in [5.74, 6) is 1.07. The van der Waals surface area contributed by atoms with Gasteiger partial charge in [0.1, 0.15) is 11.6 Å². The van der Waals surface area contributed by atoms with E-state index in [9.17, 15) is 18.3 Å². The van der Waals surface area contributed by atoms with Crippen LogP contribution in [0, 0.1) is 0 Å². The number of pyridine rings is 2. The van der Waals surface area contributed by atoms with Gasteiger partial charge in [0.05, 0.1) is 0 Å². The fraction of sp³-hybridized carbons (Fsp3) is 0.412. The average molecular weight is 399 g/mol. The zero-order chi connectivity index (χ0) is 19.7. The third-order valence-corrected chi connectivity index (χ3v) is 5.49. The number of nitrogens with zero attached hydrogens (tertiary/aromatic N) is 4. The Morgan fingerprint density at radius 2 is 1.74 bits per heavy atom. The van der Waals surface area contributed by atoms with Gasteiger partial charge in [-0.05, 0) is 37.1 Å². The van der Waals surface area contributed by atoms with Crippen molar-refractivity contribution in [3.63, 3.8) is 0 Å². The van der Waals surface area contributed by atoms with E-state index in [4.69, 9.17) is 5.73 Å². The number of piperazine rings is 1. The fourth-order valence-corrected chi connectivity index (χ4v) is 3.50. The predicted molar refractivity (Wildman–Crippen MR) is 98.2 cm³/mol. The highest BCUT2D eigenvalue weighted by Crippen LogP contribution is 2.38. The van der Waals surface area contributed by atoms with Crippen LogP contribution in [0.3, 0.4) is 0 Å². The number of rotatable bonds is 4. The van der Waals surface area contributed by atoms with E-state index in [1.807, 2.05) is 11.0 Å². The molecule has 1 unspecified atom stereocenters. The fourth-order valence-electron chi connectivity index (χ4n) is 2.63. The van der Waals surface area contributed by atoms with Crippen LogP contribution < -0.4 is 10.6 Å². The summed E-state index contributed by atoms with van der Waals surface area (Å²) < 4.78 is 40.9. The highest BCUT2D eigenvalue weighted by molar-refractivity contribution is 7.97. The van der Waals surface area contributed by atoms with E-state index >= 15 is 0 Å². The number of anilines is 2. The smallest absolute Gasteiger partial charge is 0.384 e. The molecule has 0 amide bonds. The van der Waals surface area contributed by atoms with Crippen molar-refractivity contribution in [3.05, 3.63) is 42.2 Å². The van der Waals surface area contributed by atoms with Crippen molar-refractivity contribution < 1.29 is 18.3 Å². The van der Waals surface area contributed by atoms with E-state index in [0.29, 0.717) is 24.7 Å². The highest BCUT2D eigenvalue weighted by atomic mass is 32.2. The molecule has 1 aliphatic rings. The third-order valence-electron chi connectivity index (χ3n) is 4.42. The second-order valence-corrected chi connectivity index (χ2v) is 7.57. The number of halogens is 3. The summed E-state index contributed by atoms with van der Waals surface area (Å²) in [6, 6.07) is 6.45. The molecule has 1 aliphatic heterocycles. The van der Waals surface area contributed by atoms with Gasteiger partial charge in [0.25, 0.3) is 0 Å². The summed E-state index contributed by atoms with van der Waals surface area (Å²) in [5, 5.41) is 9.71. The first-order valence-corrected chi connectivity index (χ1v) is 9.09. The van der Waals surface area contributed by atoms with Crippen LogP contribution in [0.25, 0.3) is 0 Å². The van der Waals surface area contributed by atoms with Gasteiger partial charge in [-0.15, -0.1) is 0 Å². The van der Waals surface area contributed by atoms with E-state index in [2.05, 4.69) is 14.3 Å². The van der Waals surface area contributed by atoms with Gasteiger partial charge in [-0.1, -0.05) is 6.07 Å². The lowest BCUT2D eigenvalue weighted by Gasteiger charge is -2.34. The van der Waals surface area contributed by atoms with Crippen molar-refractivity contribution in [2.75, 3.05) is 36.8 Å². The first-order chi connectivity index (χ1) is 12.7. The first-order valence-electron chi connectivity index (χ1n) is 8.32. The molecular formula is C17H20F3N5OS. The van der Waals surface area contributed by atoms with Crippen LogP contribution in [0.4, 0.5) is 24.8 Å². The number of hydrogen-bond donors (Lipinski definition) is 2. The molecule has 0 radical (unpaired) electrons. The summed E-state index contributed by atoms with van der Waals surface area (Å²) in [5.41, 5.74) is 2.39. The lowest BCUT2D eigenvalue weighted by atomic mass is 9.97. The number of nitrogen functional groups attached to an aromatic ring is 1. The van der Waals surface area contributed by atoms with Crippen LogP contribution >= 0.6 is 11.9 Å². The van der Waals surface area contributed by atoms with Crippen LogP contribution in [0.2, 0.25) is 0 Å². The van der Waals surface area contributed by atoms with Crippen molar-refractivity contribution in [1.29, 1.82) is 0 Å². The number of aromatic nitrogens is 2. The third kappa shape index (κ3) is 4.45. The molecule has 1 fully saturated rings.